The van der Waals surface area contributed by atoms with Crippen LogP contribution in [0.4, 0.5) is 5.69 Å². The zero-order chi connectivity index (χ0) is 11.1. The normalized spacial score (nSPS) is 21.4. The lowest BCUT2D eigenvalue weighted by molar-refractivity contribution is -0.00000394. The number of benzene rings is 1. The molecule has 0 aliphatic carbocycles. The van der Waals surface area contributed by atoms with Crippen molar-refractivity contribution in [1.29, 1.82) is 0 Å². The Morgan fingerprint density at radius 1 is 1.38 bits per heavy atom. The Kier molecular flexibility index (Phi) is 3.89. The number of ether oxygens (including phenoxy) is 1. The molecule has 1 aromatic rings. The van der Waals surface area contributed by atoms with Crippen molar-refractivity contribution in [2.24, 2.45) is 0 Å². The molecular weight excluding hydrogens is 266 g/mol. The van der Waals surface area contributed by atoms with Crippen molar-refractivity contribution in [1.82, 2.24) is 0 Å². The van der Waals surface area contributed by atoms with Crippen molar-refractivity contribution in [2.45, 2.75) is 38.6 Å². The molecule has 0 amide bonds. The second-order valence-corrected chi connectivity index (χ2v) is 5.04. The fourth-order valence-corrected chi connectivity index (χ4v) is 2.53. The highest BCUT2D eigenvalue weighted by Crippen LogP contribution is 2.42. The lowest BCUT2D eigenvalue weighted by Gasteiger charge is -2.38. The molecule has 0 bridgehead atoms. The molecule has 1 unspecified atom stereocenters. The number of anilines is 1. The summed E-state index contributed by atoms with van der Waals surface area (Å²) in [6, 6.07) is 6.26. The smallest absolute Gasteiger partial charge is 0.142 e. The predicted octanol–water partition coefficient (Wildman–Crippen LogP) is 0.397. The highest BCUT2D eigenvalue weighted by molar-refractivity contribution is 5.66. The average Bonchev–Trinajstić information content (AvgIpc) is 2.15. The molecule has 2 nitrogen and oxygen atoms in total. The molecule has 0 saturated heterocycles. The largest absolute Gasteiger partial charge is 1.00 e. The summed E-state index contributed by atoms with van der Waals surface area (Å²) in [6.07, 6.45) is 1.16. The van der Waals surface area contributed by atoms with Crippen LogP contribution >= 0.6 is 0 Å². The molecule has 3 heteroatoms. The Morgan fingerprint density at radius 2 is 2.06 bits per heavy atom. The standard InChI is InChI=1S/C13H19NO.BrH/c1-9-8-13(2,3)14-12-10(9)6-5-7-11(12)15-4;/h5-7,9,14H,8H2,1-4H3;1H/p-1. The molecular formula is C13H19BrNO-. The SMILES string of the molecule is COc1cccc2c1NC(C)(C)CC2C.[Br-]. The first kappa shape index (κ1) is 13.4. The molecule has 0 fully saturated rings. The average molecular weight is 285 g/mol. The molecule has 1 N–H and O–H groups in total. The van der Waals surface area contributed by atoms with Gasteiger partial charge in [0.2, 0.25) is 0 Å². The molecule has 1 aromatic carbocycles. The minimum absolute atomic E-state index is 0. The van der Waals surface area contributed by atoms with Gasteiger partial charge in [-0.15, -0.1) is 0 Å². The van der Waals surface area contributed by atoms with Gasteiger partial charge in [0.1, 0.15) is 5.75 Å². The number of fused-ring (bicyclic) bond motifs is 1. The van der Waals surface area contributed by atoms with Gasteiger partial charge in [0.15, 0.2) is 0 Å². The molecule has 2 rings (SSSR count). The quantitative estimate of drug-likeness (QED) is 0.806. The maximum atomic E-state index is 5.39. The predicted molar refractivity (Wildman–Crippen MR) is 63.7 cm³/mol. The summed E-state index contributed by atoms with van der Waals surface area (Å²) in [6.45, 7) is 6.75. The Morgan fingerprint density at radius 3 is 2.69 bits per heavy atom. The number of hydrogen-bond donors (Lipinski definition) is 1. The van der Waals surface area contributed by atoms with Crippen LogP contribution in [0, 0.1) is 0 Å². The van der Waals surface area contributed by atoms with Crippen LogP contribution in [0.25, 0.3) is 0 Å². The summed E-state index contributed by atoms with van der Waals surface area (Å²) in [5.41, 5.74) is 2.69. The van der Waals surface area contributed by atoms with E-state index in [-0.39, 0.29) is 22.5 Å². The van der Waals surface area contributed by atoms with Gasteiger partial charge < -0.3 is 27.0 Å². The molecule has 1 aliphatic rings. The van der Waals surface area contributed by atoms with Crippen molar-refractivity contribution in [3.05, 3.63) is 23.8 Å². The second kappa shape index (κ2) is 4.66. The summed E-state index contributed by atoms with van der Waals surface area (Å²) >= 11 is 0. The van der Waals surface area contributed by atoms with Crippen molar-refractivity contribution in [2.75, 3.05) is 12.4 Å². The third-order valence-electron chi connectivity index (χ3n) is 3.09. The highest BCUT2D eigenvalue weighted by Gasteiger charge is 2.30. The van der Waals surface area contributed by atoms with Gasteiger partial charge in [-0.25, -0.2) is 0 Å². The first-order valence-corrected chi connectivity index (χ1v) is 5.48. The van der Waals surface area contributed by atoms with Gasteiger partial charge in [-0.3, -0.25) is 0 Å². The van der Waals surface area contributed by atoms with E-state index in [0.717, 1.165) is 12.2 Å². The lowest BCUT2D eigenvalue weighted by Crippen LogP contribution is -3.00. The van der Waals surface area contributed by atoms with Crippen LogP contribution in [0.5, 0.6) is 5.75 Å². The molecule has 0 aromatic heterocycles. The zero-order valence-electron chi connectivity index (χ0n) is 10.3. The van der Waals surface area contributed by atoms with Gasteiger partial charge >= 0.3 is 0 Å². The van der Waals surface area contributed by atoms with Crippen molar-refractivity contribution >= 4 is 5.69 Å². The van der Waals surface area contributed by atoms with Crippen LogP contribution in [0.1, 0.15) is 38.7 Å². The lowest BCUT2D eigenvalue weighted by atomic mass is 9.82. The van der Waals surface area contributed by atoms with E-state index in [9.17, 15) is 0 Å². The summed E-state index contributed by atoms with van der Waals surface area (Å²) < 4.78 is 5.39. The van der Waals surface area contributed by atoms with Crippen LogP contribution in [0.3, 0.4) is 0 Å². The number of para-hydroxylation sites is 1. The maximum absolute atomic E-state index is 5.39. The highest BCUT2D eigenvalue weighted by atomic mass is 79.9. The van der Waals surface area contributed by atoms with Gasteiger partial charge in [-0.05, 0) is 37.8 Å². The fourth-order valence-electron chi connectivity index (χ4n) is 2.53. The Hall–Kier alpha value is -0.700. The minimum atomic E-state index is 0. The number of nitrogens with one attached hydrogen (secondary N) is 1. The Balaban J connectivity index is 0.00000128. The van der Waals surface area contributed by atoms with Gasteiger partial charge in [0.25, 0.3) is 0 Å². The number of hydrogen-bond acceptors (Lipinski definition) is 2. The molecule has 0 radical (unpaired) electrons. The summed E-state index contributed by atoms with van der Waals surface area (Å²) in [5, 5.41) is 3.56. The van der Waals surface area contributed by atoms with E-state index in [0.29, 0.717) is 5.92 Å². The van der Waals surface area contributed by atoms with Crippen molar-refractivity contribution in [3.63, 3.8) is 0 Å². The topological polar surface area (TPSA) is 21.3 Å². The molecule has 90 valence electrons. The van der Waals surface area contributed by atoms with E-state index < -0.39 is 0 Å². The molecule has 1 aliphatic heterocycles. The monoisotopic (exact) mass is 284 g/mol. The number of halogens is 1. The molecule has 1 heterocycles. The van der Waals surface area contributed by atoms with E-state index in [1.807, 2.05) is 6.07 Å². The van der Waals surface area contributed by atoms with E-state index in [1.54, 1.807) is 7.11 Å². The number of methoxy groups -OCH3 is 1. The summed E-state index contributed by atoms with van der Waals surface area (Å²) in [7, 11) is 1.73. The molecule has 16 heavy (non-hydrogen) atoms. The third-order valence-corrected chi connectivity index (χ3v) is 3.09. The Labute approximate surface area is 108 Å². The maximum Gasteiger partial charge on any atom is 0.142 e. The van der Waals surface area contributed by atoms with E-state index in [4.69, 9.17) is 4.74 Å². The van der Waals surface area contributed by atoms with Gasteiger partial charge in [0.05, 0.1) is 12.8 Å². The van der Waals surface area contributed by atoms with Crippen molar-refractivity contribution < 1.29 is 21.7 Å². The van der Waals surface area contributed by atoms with Gasteiger partial charge in [-0.1, -0.05) is 19.1 Å². The van der Waals surface area contributed by atoms with Gasteiger partial charge in [-0.2, -0.15) is 0 Å². The molecule has 1 atom stereocenters. The fraction of sp³-hybridized carbons (Fsp3) is 0.538. The Bertz CT molecular complexity index is 376. The van der Waals surface area contributed by atoms with E-state index in [1.165, 1.54) is 11.3 Å². The van der Waals surface area contributed by atoms with E-state index >= 15 is 0 Å². The number of rotatable bonds is 1. The third kappa shape index (κ3) is 2.34. The van der Waals surface area contributed by atoms with Crippen LogP contribution in [-0.2, 0) is 0 Å². The van der Waals surface area contributed by atoms with Crippen LogP contribution in [0.2, 0.25) is 0 Å². The second-order valence-electron chi connectivity index (χ2n) is 5.04. The summed E-state index contributed by atoms with van der Waals surface area (Å²) in [4.78, 5) is 0. The summed E-state index contributed by atoms with van der Waals surface area (Å²) in [5.74, 6) is 1.54. The van der Waals surface area contributed by atoms with Crippen LogP contribution in [0.15, 0.2) is 18.2 Å². The first-order valence-electron chi connectivity index (χ1n) is 5.48. The zero-order valence-corrected chi connectivity index (χ0v) is 11.9. The first-order chi connectivity index (χ1) is 7.03. The molecule has 0 saturated carbocycles. The van der Waals surface area contributed by atoms with E-state index in [2.05, 4.69) is 38.2 Å². The van der Waals surface area contributed by atoms with Crippen LogP contribution < -0.4 is 27.0 Å². The minimum Gasteiger partial charge on any atom is -1.00 e. The van der Waals surface area contributed by atoms with Crippen molar-refractivity contribution in [3.8, 4) is 5.75 Å². The van der Waals surface area contributed by atoms with Gasteiger partial charge in [0, 0.05) is 5.54 Å². The molecule has 0 spiro atoms. The van der Waals surface area contributed by atoms with Crippen LogP contribution in [-0.4, -0.2) is 12.6 Å².